The van der Waals surface area contributed by atoms with Gasteiger partial charge in [0.2, 0.25) is 0 Å². The average Bonchev–Trinajstić information content (AvgIpc) is 2.56. The van der Waals surface area contributed by atoms with Crippen molar-refractivity contribution in [2.75, 3.05) is 12.4 Å². The number of anilines is 1. The number of carbonyl (C=O) groups is 2. The number of carbonyl (C=O) groups excluding carboxylic acids is 2. The Bertz CT molecular complexity index is 728. The number of nitrogens with one attached hydrogen (secondary N) is 1. The van der Waals surface area contributed by atoms with E-state index in [0.717, 1.165) is 11.1 Å². The van der Waals surface area contributed by atoms with Gasteiger partial charge in [-0.3, -0.25) is 4.79 Å². The van der Waals surface area contributed by atoms with E-state index in [0.29, 0.717) is 11.3 Å². The summed E-state index contributed by atoms with van der Waals surface area (Å²) in [6, 6.07) is 14.7. The molecule has 0 atom stereocenters. The first-order valence-electron chi connectivity index (χ1n) is 7.24. The predicted octanol–water partition coefficient (Wildman–Crippen LogP) is 3.66. The molecule has 0 saturated heterocycles. The molecule has 4 nitrogen and oxygen atoms in total. The number of ether oxygens (including phenoxy) is 1. The highest BCUT2D eigenvalue weighted by Crippen LogP contribution is 2.13. The summed E-state index contributed by atoms with van der Waals surface area (Å²) in [6.45, 7) is 3.92. The number of hydrogen-bond acceptors (Lipinski definition) is 4. The topological polar surface area (TPSA) is 55.4 Å². The number of allylic oxidation sites excluding steroid dienone is 1. The minimum Gasteiger partial charge on any atom is -0.464 e. The molecule has 0 aliphatic carbocycles. The van der Waals surface area contributed by atoms with E-state index < -0.39 is 5.97 Å². The second kappa shape index (κ2) is 7.40. The number of aryl methyl sites for hydroxylation is 2. The Morgan fingerprint density at radius 3 is 1.96 bits per heavy atom. The fraction of sp³-hybridized carbons (Fsp3) is 0.158. The van der Waals surface area contributed by atoms with Gasteiger partial charge in [0.05, 0.1) is 7.11 Å². The van der Waals surface area contributed by atoms with E-state index in [1.165, 1.54) is 13.2 Å². The van der Waals surface area contributed by atoms with Crippen LogP contribution in [-0.2, 0) is 9.53 Å². The molecule has 2 aromatic carbocycles. The van der Waals surface area contributed by atoms with Gasteiger partial charge in [-0.05, 0) is 26.0 Å². The summed E-state index contributed by atoms with van der Waals surface area (Å²) in [5.74, 6) is -0.851. The molecule has 0 unspecified atom stereocenters. The zero-order valence-corrected chi connectivity index (χ0v) is 13.4. The van der Waals surface area contributed by atoms with Crippen LogP contribution in [0.4, 0.5) is 5.69 Å². The van der Waals surface area contributed by atoms with Crippen molar-refractivity contribution < 1.29 is 14.3 Å². The lowest BCUT2D eigenvalue weighted by Crippen LogP contribution is -2.15. The number of methoxy groups -OCH3 is 1. The first-order chi connectivity index (χ1) is 11.0. The van der Waals surface area contributed by atoms with Crippen LogP contribution in [0.5, 0.6) is 0 Å². The molecule has 0 aromatic heterocycles. The molecule has 0 bridgehead atoms. The Kier molecular flexibility index (Phi) is 5.31. The lowest BCUT2D eigenvalue weighted by atomic mass is 10.1. The lowest BCUT2D eigenvalue weighted by Gasteiger charge is -2.09. The van der Waals surface area contributed by atoms with Gasteiger partial charge in [-0.1, -0.05) is 47.5 Å². The molecule has 0 radical (unpaired) electrons. The molecular weight excluding hydrogens is 290 g/mol. The van der Waals surface area contributed by atoms with E-state index in [2.05, 4.69) is 5.32 Å². The molecule has 4 heteroatoms. The summed E-state index contributed by atoms with van der Waals surface area (Å²) in [5.41, 5.74) is 3.50. The van der Waals surface area contributed by atoms with Gasteiger partial charge in [0, 0.05) is 17.3 Å². The zero-order chi connectivity index (χ0) is 16.8. The van der Waals surface area contributed by atoms with E-state index in [4.69, 9.17) is 4.74 Å². The fourth-order valence-corrected chi connectivity index (χ4v) is 1.98. The van der Waals surface area contributed by atoms with Crippen molar-refractivity contribution in [1.82, 2.24) is 0 Å². The molecule has 1 N–H and O–H groups in total. The summed E-state index contributed by atoms with van der Waals surface area (Å²) >= 11 is 0. The molecule has 2 rings (SSSR count). The molecule has 0 saturated carbocycles. The standard InChI is InChI=1S/C19H19NO3/c1-13-4-8-15(9-5-13)18(21)12-17(19(22)23-3)20-16-10-6-14(2)7-11-16/h4-12,20H,1-3H3/b17-12+. The number of rotatable bonds is 5. The van der Waals surface area contributed by atoms with E-state index in [-0.39, 0.29) is 11.5 Å². The zero-order valence-electron chi connectivity index (χ0n) is 13.4. The Morgan fingerprint density at radius 1 is 0.913 bits per heavy atom. The summed E-state index contributed by atoms with van der Waals surface area (Å²) in [4.78, 5) is 24.2. The monoisotopic (exact) mass is 309 g/mol. The fourth-order valence-electron chi connectivity index (χ4n) is 1.98. The van der Waals surface area contributed by atoms with Crippen LogP contribution in [0, 0.1) is 13.8 Å². The Labute approximate surface area is 135 Å². The van der Waals surface area contributed by atoms with Gasteiger partial charge in [-0.2, -0.15) is 0 Å². The smallest absolute Gasteiger partial charge is 0.354 e. The van der Waals surface area contributed by atoms with Gasteiger partial charge < -0.3 is 10.1 Å². The molecule has 0 aliphatic rings. The molecule has 2 aromatic rings. The van der Waals surface area contributed by atoms with E-state index in [1.807, 2.05) is 50.2 Å². The summed E-state index contributed by atoms with van der Waals surface area (Å²) < 4.78 is 4.74. The highest BCUT2D eigenvalue weighted by molar-refractivity contribution is 6.09. The van der Waals surface area contributed by atoms with Gasteiger partial charge in [0.1, 0.15) is 5.70 Å². The summed E-state index contributed by atoms with van der Waals surface area (Å²) in [7, 11) is 1.28. The van der Waals surface area contributed by atoms with Crippen molar-refractivity contribution in [3.63, 3.8) is 0 Å². The van der Waals surface area contributed by atoms with Crippen molar-refractivity contribution in [2.45, 2.75) is 13.8 Å². The Hall–Kier alpha value is -2.88. The van der Waals surface area contributed by atoms with E-state index in [9.17, 15) is 9.59 Å². The molecule has 0 heterocycles. The molecule has 23 heavy (non-hydrogen) atoms. The van der Waals surface area contributed by atoms with Crippen LogP contribution < -0.4 is 5.32 Å². The van der Waals surface area contributed by atoms with Gasteiger partial charge in [0.15, 0.2) is 5.78 Å². The van der Waals surface area contributed by atoms with E-state index in [1.54, 1.807) is 12.1 Å². The van der Waals surface area contributed by atoms with Gasteiger partial charge in [-0.15, -0.1) is 0 Å². The highest BCUT2D eigenvalue weighted by atomic mass is 16.5. The first kappa shape index (κ1) is 16.5. The van der Waals surface area contributed by atoms with E-state index >= 15 is 0 Å². The van der Waals surface area contributed by atoms with Crippen molar-refractivity contribution in [3.8, 4) is 0 Å². The molecule has 118 valence electrons. The second-order valence-corrected chi connectivity index (χ2v) is 5.27. The third kappa shape index (κ3) is 4.54. The summed E-state index contributed by atoms with van der Waals surface area (Å²) in [6.07, 6.45) is 1.26. The van der Waals surface area contributed by atoms with Crippen LogP contribution in [0.3, 0.4) is 0 Å². The maximum absolute atomic E-state index is 12.3. The maximum atomic E-state index is 12.3. The molecule has 0 spiro atoms. The predicted molar refractivity (Wildman–Crippen MR) is 90.4 cm³/mol. The van der Waals surface area contributed by atoms with Crippen LogP contribution in [-0.4, -0.2) is 18.9 Å². The maximum Gasteiger partial charge on any atom is 0.354 e. The molecule has 0 amide bonds. The van der Waals surface area contributed by atoms with Gasteiger partial charge in [-0.25, -0.2) is 4.79 Å². The van der Waals surface area contributed by atoms with Crippen LogP contribution in [0.25, 0.3) is 0 Å². The SMILES string of the molecule is COC(=O)/C(=C\C(=O)c1ccc(C)cc1)Nc1ccc(C)cc1. The number of hydrogen-bond donors (Lipinski definition) is 1. The van der Waals surface area contributed by atoms with Gasteiger partial charge in [0.25, 0.3) is 0 Å². The van der Waals surface area contributed by atoms with Crippen LogP contribution >= 0.6 is 0 Å². The largest absolute Gasteiger partial charge is 0.464 e. The number of esters is 1. The first-order valence-corrected chi connectivity index (χ1v) is 7.24. The van der Waals surface area contributed by atoms with Gasteiger partial charge >= 0.3 is 5.97 Å². The third-order valence-corrected chi connectivity index (χ3v) is 3.35. The molecule has 0 aliphatic heterocycles. The number of ketones is 1. The van der Waals surface area contributed by atoms with Crippen molar-refractivity contribution in [3.05, 3.63) is 77.0 Å². The van der Waals surface area contributed by atoms with Crippen molar-refractivity contribution in [2.24, 2.45) is 0 Å². The number of benzene rings is 2. The lowest BCUT2D eigenvalue weighted by molar-refractivity contribution is -0.135. The average molecular weight is 309 g/mol. The Morgan fingerprint density at radius 2 is 1.43 bits per heavy atom. The van der Waals surface area contributed by atoms with Crippen molar-refractivity contribution >= 4 is 17.4 Å². The molecular formula is C19H19NO3. The normalized spacial score (nSPS) is 11.0. The Balaban J connectivity index is 2.26. The van der Waals surface area contributed by atoms with Crippen LogP contribution in [0.15, 0.2) is 60.3 Å². The minimum atomic E-state index is -0.592. The molecule has 0 fully saturated rings. The second-order valence-electron chi connectivity index (χ2n) is 5.27. The minimum absolute atomic E-state index is 0.0990. The highest BCUT2D eigenvalue weighted by Gasteiger charge is 2.13. The van der Waals surface area contributed by atoms with Crippen molar-refractivity contribution in [1.29, 1.82) is 0 Å². The van der Waals surface area contributed by atoms with Crippen LogP contribution in [0.1, 0.15) is 21.5 Å². The summed E-state index contributed by atoms with van der Waals surface area (Å²) in [5, 5.41) is 2.93. The third-order valence-electron chi connectivity index (χ3n) is 3.35. The quantitative estimate of drug-likeness (QED) is 0.520. The van der Waals surface area contributed by atoms with Crippen LogP contribution in [0.2, 0.25) is 0 Å².